The Balaban J connectivity index is 3.85. The average Bonchev–Trinajstić information content (AvgIpc) is 2.65. The highest BCUT2D eigenvalue weighted by molar-refractivity contribution is 5.83. The van der Waals surface area contributed by atoms with E-state index < -0.39 is 5.97 Å². The summed E-state index contributed by atoms with van der Waals surface area (Å²) in [5.41, 5.74) is 0. The lowest BCUT2D eigenvalue weighted by Gasteiger charge is -2.24. The number of nitrogens with zero attached hydrogens (tertiary/aromatic N) is 1. The van der Waals surface area contributed by atoms with Crippen molar-refractivity contribution in [3.63, 3.8) is 0 Å². The van der Waals surface area contributed by atoms with Crippen molar-refractivity contribution in [1.29, 1.82) is 0 Å². The van der Waals surface area contributed by atoms with E-state index in [0.29, 0.717) is 19.5 Å². The minimum absolute atomic E-state index is 0.00395. The Bertz CT molecular complexity index is 402. The highest BCUT2D eigenvalue weighted by atomic mass is 16.4. The van der Waals surface area contributed by atoms with Gasteiger partial charge in [0, 0.05) is 19.0 Å². The molecule has 0 fully saturated rings. The molecule has 0 aromatic carbocycles. The molecule has 4 heteroatoms. The molecule has 0 saturated heterocycles. The van der Waals surface area contributed by atoms with Crippen LogP contribution in [0.15, 0.2) is 12.2 Å². The lowest BCUT2D eigenvalue weighted by atomic mass is 9.95. The smallest absolute Gasteiger partial charge is 0.304 e. The predicted octanol–water partition coefficient (Wildman–Crippen LogP) is 6.20. The van der Waals surface area contributed by atoms with E-state index in [1.807, 2.05) is 13.8 Å². The number of allylic oxidation sites excluding steroid dienone is 2. The molecule has 1 amide bonds. The van der Waals surface area contributed by atoms with Gasteiger partial charge in [0.15, 0.2) is 0 Å². The highest BCUT2D eigenvalue weighted by Gasteiger charge is 2.24. The van der Waals surface area contributed by atoms with Crippen LogP contribution in [-0.4, -0.2) is 35.0 Å². The van der Waals surface area contributed by atoms with Crippen molar-refractivity contribution in [2.24, 2.45) is 5.92 Å². The number of unbranched alkanes of at least 4 members (excludes halogenated alkanes) is 9. The number of carboxylic acids is 1. The van der Waals surface area contributed by atoms with Crippen LogP contribution in [0.4, 0.5) is 0 Å². The minimum Gasteiger partial charge on any atom is -0.481 e. The number of carboxylic acid groups (broad SMARTS) is 1. The van der Waals surface area contributed by atoms with Gasteiger partial charge < -0.3 is 10.0 Å². The Morgan fingerprint density at radius 3 is 1.81 bits per heavy atom. The van der Waals surface area contributed by atoms with Crippen LogP contribution in [0.5, 0.6) is 0 Å². The minimum atomic E-state index is -0.875. The van der Waals surface area contributed by atoms with Gasteiger partial charge in [0.2, 0.25) is 5.91 Å². The van der Waals surface area contributed by atoms with Gasteiger partial charge in [0.25, 0.3) is 0 Å². The average molecular weight is 382 g/mol. The fraction of sp³-hybridized carbons (Fsp3) is 0.826. The Morgan fingerprint density at radius 2 is 1.33 bits per heavy atom. The van der Waals surface area contributed by atoms with Gasteiger partial charge >= 0.3 is 5.97 Å². The molecule has 0 aliphatic rings. The monoisotopic (exact) mass is 381 g/mol. The van der Waals surface area contributed by atoms with E-state index >= 15 is 0 Å². The van der Waals surface area contributed by atoms with Gasteiger partial charge in [-0.15, -0.1) is 0 Å². The Kier molecular flexibility index (Phi) is 17.2. The number of carbonyl (C=O) groups excluding carboxylic acids is 1. The predicted molar refractivity (Wildman–Crippen MR) is 114 cm³/mol. The summed E-state index contributed by atoms with van der Waals surface area (Å²) < 4.78 is 0. The summed E-state index contributed by atoms with van der Waals surface area (Å²) in [6, 6.07) is 0. The largest absolute Gasteiger partial charge is 0.481 e. The van der Waals surface area contributed by atoms with Crippen molar-refractivity contribution in [3.8, 4) is 0 Å². The summed E-state index contributed by atoms with van der Waals surface area (Å²) in [7, 11) is 0. The molecule has 0 spiro atoms. The highest BCUT2D eigenvalue weighted by Crippen LogP contribution is 2.18. The molecule has 0 aliphatic carbocycles. The molecule has 1 N–H and O–H groups in total. The van der Waals surface area contributed by atoms with Crippen molar-refractivity contribution < 1.29 is 14.7 Å². The van der Waals surface area contributed by atoms with Crippen molar-refractivity contribution in [2.45, 2.75) is 104 Å². The van der Waals surface area contributed by atoms with Crippen molar-refractivity contribution in [2.75, 3.05) is 13.1 Å². The van der Waals surface area contributed by atoms with Gasteiger partial charge in [-0.05, 0) is 46.0 Å². The first kappa shape index (κ1) is 25.7. The molecule has 0 aliphatic heterocycles. The number of rotatable bonds is 18. The van der Waals surface area contributed by atoms with Crippen LogP contribution >= 0.6 is 0 Å². The third-order valence-electron chi connectivity index (χ3n) is 5.16. The molecule has 158 valence electrons. The molecule has 1 unspecified atom stereocenters. The topological polar surface area (TPSA) is 57.6 Å². The molecule has 27 heavy (non-hydrogen) atoms. The molecular formula is C23H43NO3. The van der Waals surface area contributed by atoms with Crippen molar-refractivity contribution in [3.05, 3.63) is 12.2 Å². The van der Waals surface area contributed by atoms with Gasteiger partial charge in [-0.3, -0.25) is 9.59 Å². The number of amides is 1. The number of carbonyl (C=O) groups is 2. The second kappa shape index (κ2) is 18.1. The van der Waals surface area contributed by atoms with Crippen LogP contribution in [0.3, 0.4) is 0 Å². The second-order valence-corrected chi connectivity index (χ2v) is 7.47. The zero-order valence-electron chi connectivity index (χ0n) is 18.0. The third kappa shape index (κ3) is 14.4. The Labute approximate surface area is 167 Å². The lowest BCUT2D eigenvalue weighted by molar-refractivity contribution is -0.144. The van der Waals surface area contributed by atoms with E-state index in [1.54, 1.807) is 4.90 Å². The third-order valence-corrected chi connectivity index (χ3v) is 5.16. The molecule has 0 heterocycles. The maximum Gasteiger partial charge on any atom is 0.304 e. The van der Waals surface area contributed by atoms with E-state index in [0.717, 1.165) is 25.7 Å². The SMILES string of the molecule is CCCCCCC/C=C/CCCCCCC(CC(=O)O)C(=O)N(CC)CC. The molecule has 0 radical (unpaired) electrons. The van der Waals surface area contributed by atoms with Crippen LogP contribution in [0.1, 0.15) is 104 Å². The van der Waals surface area contributed by atoms with Gasteiger partial charge in [-0.1, -0.05) is 64.0 Å². The molecule has 1 atom stereocenters. The van der Waals surface area contributed by atoms with Crippen LogP contribution in [-0.2, 0) is 9.59 Å². The summed E-state index contributed by atoms with van der Waals surface area (Å²) in [5, 5.41) is 9.09. The summed E-state index contributed by atoms with van der Waals surface area (Å²) in [6.07, 6.45) is 18.6. The van der Waals surface area contributed by atoms with Gasteiger partial charge in [0.05, 0.1) is 6.42 Å². The van der Waals surface area contributed by atoms with Crippen molar-refractivity contribution >= 4 is 11.9 Å². The summed E-state index contributed by atoms with van der Waals surface area (Å²) in [5.74, 6) is -1.24. The van der Waals surface area contributed by atoms with Crippen LogP contribution in [0.25, 0.3) is 0 Å². The summed E-state index contributed by atoms with van der Waals surface area (Å²) in [4.78, 5) is 25.3. The van der Waals surface area contributed by atoms with Gasteiger partial charge in [0.1, 0.15) is 0 Å². The Morgan fingerprint density at radius 1 is 0.815 bits per heavy atom. The molecule has 0 aromatic rings. The first-order chi connectivity index (χ1) is 13.1. The van der Waals surface area contributed by atoms with Crippen LogP contribution < -0.4 is 0 Å². The molecule has 0 aromatic heterocycles. The van der Waals surface area contributed by atoms with Gasteiger partial charge in [-0.25, -0.2) is 0 Å². The van der Waals surface area contributed by atoms with Crippen LogP contribution in [0.2, 0.25) is 0 Å². The van der Waals surface area contributed by atoms with Crippen LogP contribution in [0, 0.1) is 5.92 Å². The van der Waals surface area contributed by atoms with E-state index in [2.05, 4.69) is 19.1 Å². The molecule has 4 nitrogen and oxygen atoms in total. The van der Waals surface area contributed by atoms with E-state index in [-0.39, 0.29) is 18.2 Å². The molecular weight excluding hydrogens is 338 g/mol. The molecule has 0 bridgehead atoms. The first-order valence-corrected chi connectivity index (χ1v) is 11.2. The maximum absolute atomic E-state index is 12.4. The van der Waals surface area contributed by atoms with E-state index in [1.165, 1.54) is 44.9 Å². The van der Waals surface area contributed by atoms with E-state index in [4.69, 9.17) is 5.11 Å². The van der Waals surface area contributed by atoms with Gasteiger partial charge in [-0.2, -0.15) is 0 Å². The quantitative estimate of drug-likeness (QED) is 0.227. The number of hydrogen-bond acceptors (Lipinski definition) is 2. The lowest BCUT2D eigenvalue weighted by Crippen LogP contribution is -2.36. The van der Waals surface area contributed by atoms with Crippen molar-refractivity contribution in [1.82, 2.24) is 4.90 Å². The summed E-state index contributed by atoms with van der Waals surface area (Å²) >= 11 is 0. The zero-order chi connectivity index (χ0) is 20.3. The maximum atomic E-state index is 12.4. The first-order valence-electron chi connectivity index (χ1n) is 11.2. The number of hydrogen-bond donors (Lipinski definition) is 1. The summed E-state index contributed by atoms with van der Waals surface area (Å²) in [6.45, 7) is 7.43. The zero-order valence-corrected chi connectivity index (χ0v) is 18.0. The number of aliphatic carboxylic acids is 1. The fourth-order valence-corrected chi connectivity index (χ4v) is 3.43. The molecule has 0 saturated carbocycles. The molecule has 0 rings (SSSR count). The Hall–Kier alpha value is -1.32. The second-order valence-electron chi connectivity index (χ2n) is 7.47. The normalized spacial score (nSPS) is 12.4. The fourth-order valence-electron chi connectivity index (χ4n) is 3.43. The standard InChI is InChI=1S/C23H43NO3/c1-4-7-8-9-10-11-12-13-14-15-16-17-18-19-21(20-22(25)26)23(27)24(5-2)6-3/h12-13,21H,4-11,14-20H2,1-3H3,(H,25,26)/b13-12+. The van der Waals surface area contributed by atoms with E-state index in [9.17, 15) is 9.59 Å².